The molecule has 0 fully saturated rings. The minimum atomic E-state index is -0.126. The van der Waals surface area contributed by atoms with Gasteiger partial charge in [0, 0.05) is 33.7 Å². The van der Waals surface area contributed by atoms with E-state index in [0.29, 0.717) is 11.6 Å². The number of hydrogen-bond donors (Lipinski definition) is 2. The molecule has 0 bridgehead atoms. The van der Waals surface area contributed by atoms with E-state index >= 15 is 0 Å². The van der Waals surface area contributed by atoms with Gasteiger partial charge in [-0.15, -0.1) is 0 Å². The van der Waals surface area contributed by atoms with Gasteiger partial charge in [0.05, 0.1) is 0 Å². The molecular formula is C11H15BrClNO. The van der Waals surface area contributed by atoms with E-state index in [0.717, 1.165) is 10.2 Å². The fraction of sp³-hybridized carbons (Fsp3) is 0.455. The molecule has 0 aliphatic carbocycles. The number of hydrogen-bond acceptors (Lipinski definition) is 2. The van der Waals surface area contributed by atoms with Crippen molar-refractivity contribution in [3.8, 4) is 0 Å². The maximum absolute atomic E-state index is 9.11. The van der Waals surface area contributed by atoms with Crippen LogP contribution in [0, 0.1) is 5.41 Å². The Labute approximate surface area is 104 Å². The van der Waals surface area contributed by atoms with Gasteiger partial charge in [-0.25, -0.2) is 0 Å². The molecule has 2 N–H and O–H groups in total. The lowest BCUT2D eigenvalue weighted by molar-refractivity contribution is 0.171. The van der Waals surface area contributed by atoms with Gasteiger partial charge in [0.1, 0.15) is 0 Å². The highest BCUT2D eigenvalue weighted by Crippen LogP contribution is 2.27. The molecule has 0 aliphatic heterocycles. The largest absolute Gasteiger partial charge is 0.396 e. The Kier molecular flexibility index (Phi) is 4.44. The fourth-order valence-corrected chi connectivity index (χ4v) is 1.85. The summed E-state index contributed by atoms with van der Waals surface area (Å²) in [4.78, 5) is 0. The molecule has 0 saturated carbocycles. The van der Waals surface area contributed by atoms with Crippen molar-refractivity contribution in [3.05, 3.63) is 27.7 Å². The average Bonchev–Trinajstić information content (AvgIpc) is 2.16. The van der Waals surface area contributed by atoms with Crippen molar-refractivity contribution in [2.45, 2.75) is 13.8 Å². The van der Waals surface area contributed by atoms with E-state index in [-0.39, 0.29) is 12.0 Å². The van der Waals surface area contributed by atoms with E-state index < -0.39 is 0 Å². The van der Waals surface area contributed by atoms with E-state index in [1.165, 1.54) is 0 Å². The highest BCUT2D eigenvalue weighted by atomic mass is 79.9. The van der Waals surface area contributed by atoms with Crippen LogP contribution in [-0.4, -0.2) is 18.3 Å². The van der Waals surface area contributed by atoms with Gasteiger partial charge in [0.15, 0.2) is 0 Å². The molecule has 2 nitrogen and oxygen atoms in total. The highest BCUT2D eigenvalue weighted by molar-refractivity contribution is 9.10. The number of aliphatic hydroxyl groups is 1. The normalized spacial score (nSPS) is 11.5. The quantitative estimate of drug-likeness (QED) is 0.890. The number of halogens is 2. The highest BCUT2D eigenvalue weighted by Gasteiger charge is 2.16. The predicted octanol–water partition coefficient (Wildman–Crippen LogP) is 3.53. The summed E-state index contributed by atoms with van der Waals surface area (Å²) in [6.45, 7) is 4.88. The molecule has 1 aromatic rings. The lowest BCUT2D eigenvalue weighted by Gasteiger charge is -2.23. The molecule has 0 aromatic heterocycles. The van der Waals surface area contributed by atoms with E-state index in [2.05, 4.69) is 21.2 Å². The van der Waals surface area contributed by atoms with Crippen molar-refractivity contribution in [1.29, 1.82) is 0 Å². The second-order valence-corrected chi connectivity index (χ2v) is 5.59. The molecule has 84 valence electrons. The Hall–Kier alpha value is -0.250. The first-order valence-electron chi connectivity index (χ1n) is 4.74. The molecule has 0 radical (unpaired) electrons. The number of benzene rings is 1. The van der Waals surface area contributed by atoms with Crippen molar-refractivity contribution in [2.75, 3.05) is 18.5 Å². The van der Waals surface area contributed by atoms with Gasteiger partial charge in [-0.1, -0.05) is 25.4 Å². The maximum Gasteiger partial charge on any atom is 0.0498 e. The van der Waals surface area contributed by atoms with Crippen LogP contribution < -0.4 is 5.32 Å². The van der Waals surface area contributed by atoms with Crippen molar-refractivity contribution in [1.82, 2.24) is 0 Å². The number of rotatable bonds is 4. The van der Waals surface area contributed by atoms with Crippen LogP contribution >= 0.6 is 27.5 Å². The first-order chi connectivity index (χ1) is 6.94. The summed E-state index contributed by atoms with van der Waals surface area (Å²) >= 11 is 9.26. The van der Waals surface area contributed by atoms with Gasteiger partial charge in [0.25, 0.3) is 0 Å². The second-order valence-electron chi connectivity index (χ2n) is 4.30. The number of nitrogens with one attached hydrogen (secondary N) is 1. The zero-order chi connectivity index (χ0) is 11.5. The van der Waals surface area contributed by atoms with Crippen molar-refractivity contribution in [2.24, 2.45) is 5.41 Å². The molecule has 0 heterocycles. The second kappa shape index (κ2) is 5.19. The summed E-state index contributed by atoms with van der Waals surface area (Å²) in [7, 11) is 0. The molecule has 15 heavy (non-hydrogen) atoms. The average molecular weight is 293 g/mol. The summed E-state index contributed by atoms with van der Waals surface area (Å²) < 4.78 is 0.934. The van der Waals surface area contributed by atoms with Crippen LogP contribution in [0.4, 0.5) is 5.69 Å². The molecular weight excluding hydrogens is 277 g/mol. The van der Waals surface area contributed by atoms with Gasteiger partial charge in [-0.2, -0.15) is 0 Å². The first-order valence-corrected chi connectivity index (χ1v) is 5.91. The fourth-order valence-electron chi connectivity index (χ4n) is 1.02. The summed E-state index contributed by atoms with van der Waals surface area (Å²) in [6.07, 6.45) is 0. The van der Waals surface area contributed by atoms with Crippen molar-refractivity contribution < 1.29 is 5.11 Å². The summed E-state index contributed by atoms with van der Waals surface area (Å²) in [5, 5.41) is 13.1. The number of anilines is 1. The van der Waals surface area contributed by atoms with Crippen LogP contribution in [0.15, 0.2) is 22.7 Å². The SMILES string of the molecule is CC(C)(CO)CNc1ccc(Cl)cc1Br. The Morgan fingerprint density at radius 1 is 1.47 bits per heavy atom. The third kappa shape index (κ3) is 4.01. The zero-order valence-electron chi connectivity index (χ0n) is 8.85. The maximum atomic E-state index is 9.11. The molecule has 1 aromatic carbocycles. The molecule has 0 atom stereocenters. The van der Waals surface area contributed by atoms with Crippen LogP contribution in [0.1, 0.15) is 13.8 Å². The monoisotopic (exact) mass is 291 g/mol. The smallest absolute Gasteiger partial charge is 0.0498 e. The molecule has 0 amide bonds. The molecule has 0 saturated heterocycles. The van der Waals surface area contributed by atoms with E-state index in [9.17, 15) is 0 Å². The van der Waals surface area contributed by atoms with Gasteiger partial charge in [0.2, 0.25) is 0 Å². The summed E-state index contributed by atoms with van der Waals surface area (Å²) in [5.74, 6) is 0. The minimum Gasteiger partial charge on any atom is -0.396 e. The Morgan fingerprint density at radius 2 is 2.13 bits per heavy atom. The summed E-state index contributed by atoms with van der Waals surface area (Å²) in [5.41, 5.74) is 0.861. The van der Waals surface area contributed by atoms with Crippen LogP contribution in [0.3, 0.4) is 0 Å². The molecule has 1 rings (SSSR count). The van der Waals surface area contributed by atoms with Crippen LogP contribution in [0.2, 0.25) is 5.02 Å². The third-order valence-corrected chi connectivity index (χ3v) is 3.01. The zero-order valence-corrected chi connectivity index (χ0v) is 11.2. The Bertz CT molecular complexity index is 341. The van der Waals surface area contributed by atoms with E-state index in [1.54, 1.807) is 0 Å². The van der Waals surface area contributed by atoms with E-state index in [4.69, 9.17) is 16.7 Å². The molecule has 0 spiro atoms. The Morgan fingerprint density at radius 3 is 2.67 bits per heavy atom. The molecule has 4 heteroatoms. The van der Waals surface area contributed by atoms with Crippen LogP contribution in [-0.2, 0) is 0 Å². The van der Waals surface area contributed by atoms with Crippen molar-refractivity contribution >= 4 is 33.2 Å². The molecule has 0 aliphatic rings. The van der Waals surface area contributed by atoms with Crippen molar-refractivity contribution in [3.63, 3.8) is 0 Å². The summed E-state index contributed by atoms with van der Waals surface area (Å²) in [6, 6.07) is 5.59. The van der Waals surface area contributed by atoms with E-state index in [1.807, 2.05) is 32.0 Å². The van der Waals surface area contributed by atoms with Gasteiger partial charge < -0.3 is 10.4 Å². The molecule has 0 unspecified atom stereocenters. The topological polar surface area (TPSA) is 32.3 Å². The minimum absolute atomic E-state index is 0.126. The predicted molar refractivity (Wildman–Crippen MR) is 68.5 cm³/mol. The Balaban J connectivity index is 2.66. The lowest BCUT2D eigenvalue weighted by Crippen LogP contribution is -2.26. The third-order valence-electron chi connectivity index (χ3n) is 2.12. The number of aliphatic hydroxyl groups excluding tert-OH is 1. The van der Waals surface area contributed by atoms with Gasteiger partial charge in [-0.3, -0.25) is 0 Å². The van der Waals surface area contributed by atoms with Crippen LogP contribution in [0.25, 0.3) is 0 Å². The first kappa shape index (κ1) is 12.8. The van der Waals surface area contributed by atoms with Crippen LogP contribution in [0.5, 0.6) is 0 Å². The lowest BCUT2D eigenvalue weighted by atomic mass is 9.95. The van der Waals surface area contributed by atoms with Gasteiger partial charge in [-0.05, 0) is 34.1 Å². The standard InChI is InChI=1S/C11H15BrClNO/c1-11(2,7-15)6-14-10-4-3-8(13)5-9(10)12/h3-5,14-15H,6-7H2,1-2H3. The van der Waals surface area contributed by atoms with Gasteiger partial charge >= 0.3 is 0 Å².